The van der Waals surface area contributed by atoms with E-state index >= 15 is 0 Å². The molecule has 2 aliphatic rings. The standard InChI is InChI=1S/C23H25F2N5/c1-22(2)6-5-16-17(11-22)29-30-21(16)14-9-19(25)28-20(10-14)27-13-23(7-8-23)18-4-3-15(24)12-26-18/h3-4,9-10,12H,5-8,11,13H2,1-2H3,(H,27,28)(H,29,30). The fourth-order valence-corrected chi connectivity index (χ4v) is 4.43. The largest absolute Gasteiger partial charge is 0.369 e. The summed E-state index contributed by atoms with van der Waals surface area (Å²) in [6.07, 6.45) is 6.13. The Morgan fingerprint density at radius 3 is 2.70 bits per heavy atom. The van der Waals surface area contributed by atoms with Crippen LogP contribution in [0.2, 0.25) is 0 Å². The highest BCUT2D eigenvalue weighted by Gasteiger charge is 2.45. The lowest BCUT2D eigenvalue weighted by Crippen LogP contribution is -2.22. The number of hydrogen-bond acceptors (Lipinski definition) is 4. The molecule has 2 N–H and O–H groups in total. The lowest BCUT2D eigenvalue weighted by molar-refractivity contribution is 0.312. The first-order valence-electron chi connectivity index (χ1n) is 10.4. The van der Waals surface area contributed by atoms with Crippen molar-refractivity contribution in [2.75, 3.05) is 11.9 Å². The molecule has 30 heavy (non-hydrogen) atoms. The monoisotopic (exact) mass is 409 g/mol. The zero-order chi connectivity index (χ0) is 20.9. The maximum atomic E-state index is 14.3. The molecule has 0 amide bonds. The van der Waals surface area contributed by atoms with E-state index in [1.165, 1.54) is 23.9 Å². The van der Waals surface area contributed by atoms with Crippen molar-refractivity contribution in [3.8, 4) is 11.3 Å². The van der Waals surface area contributed by atoms with Crippen LogP contribution in [0.1, 0.15) is 50.1 Å². The molecule has 3 aromatic heterocycles. The van der Waals surface area contributed by atoms with Gasteiger partial charge in [0, 0.05) is 40.5 Å². The first-order chi connectivity index (χ1) is 14.3. The van der Waals surface area contributed by atoms with Gasteiger partial charge in [0.05, 0.1) is 11.9 Å². The smallest absolute Gasteiger partial charge is 0.215 e. The van der Waals surface area contributed by atoms with Crippen molar-refractivity contribution >= 4 is 5.82 Å². The summed E-state index contributed by atoms with van der Waals surface area (Å²) in [5.41, 5.74) is 4.83. The highest BCUT2D eigenvalue weighted by Crippen LogP contribution is 2.47. The molecule has 2 aliphatic carbocycles. The zero-order valence-corrected chi connectivity index (χ0v) is 17.2. The van der Waals surface area contributed by atoms with Crippen molar-refractivity contribution in [3.63, 3.8) is 0 Å². The summed E-state index contributed by atoms with van der Waals surface area (Å²) >= 11 is 0. The molecule has 0 aliphatic heterocycles. The van der Waals surface area contributed by atoms with Gasteiger partial charge in [-0.15, -0.1) is 0 Å². The quantitative estimate of drug-likeness (QED) is 0.594. The number of rotatable bonds is 5. The van der Waals surface area contributed by atoms with Crippen LogP contribution in [0.25, 0.3) is 11.3 Å². The average molecular weight is 409 g/mol. The number of fused-ring (bicyclic) bond motifs is 1. The third-order valence-electron chi connectivity index (χ3n) is 6.46. The number of aromatic amines is 1. The Labute approximate surface area is 174 Å². The van der Waals surface area contributed by atoms with Crippen LogP contribution >= 0.6 is 0 Å². The van der Waals surface area contributed by atoms with Gasteiger partial charge in [-0.3, -0.25) is 10.1 Å². The van der Waals surface area contributed by atoms with E-state index in [9.17, 15) is 8.78 Å². The summed E-state index contributed by atoms with van der Waals surface area (Å²) in [5.74, 6) is -0.399. The van der Waals surface area contributed by atoms with Crippen LogP contribution in [0.5, 0.6) is 0 Å². The first-order valence-corrected chi connectivity index (χ1v) is 10.4. The molecule has 0 spiro atoms. The van der Waals surface area contributed by atoms with Crippen molar-refractivity contribution in [2.24, 2.45) is 5.41 Å². The molecule has 7 heteroatoms. The topological polar surface area (TPSA) is 66.5 Å². The first kappa shape index (κ1) is 19.2. The Kier molecular flexibility index (Phi) is 4.38. The maximum Gasteiger partial charge on any atom is 0.215 e. The summed E-state index contributed by atoms with van der Waals surface area (Å²) in [6.45, 7) is 5.09. The second-order valence-electron chi connectivity index (χ2n) is 9.43. The Hall–Kier alpha value is -2.83. The van der Waals surface area contributed by atoms with Crippen molar-refractivity contribution < 1.29 is 8.78 Å². The van der Waals surface area contributed by atoms with E-state index in [-0.39, 0.29) is 16.6 Å². The average Bonchev–Trinajstić information content (AvgIpc) is 3.38. The van der Waals surface area contributed by atoms with Crippen LogP contribution in [0, 0.1) is 17.2 Å². The molecule has 5 nitrogen and oxygen atoms in total. The van der Waals surface area contributed by atoms with Gasteiger partial charge in [0.25, 0.3) is 0 Å². The Bertz CT molecular complexity index is 1080. The van der Waals surface area contributed by atoms with Crippen molar-refractivity contribution in [3.05, 3.63) is 59.2 Å². The Balaban J connectivity index is 1.38. The lowest BCUT2D eigenvalue weighted by Gasteiger charge is -2.29. The molecule has 0 saturated heterocycles. The van der Waals surface area contributed by atoms with Crippen molar-refractivity contribution in [1.82, 2.24) is 20.2 Å². The van der Waals surface area contributed by atoms with E-state index < -0.39 is 5.95 Å². The highest BCUT2D eigenvalue weighted by atomic mass is 19.1. The minimum Gasteiger partial charge on any atom is -0.369 e. The van der Waals surface area contributed by atoms with E-state index in [0.29, 0.717) is 12.4 Å². The fraction of sp³-hybridized carbons (Fsp3) is 0.435. The van der Waals surface area contributed by atoms with Crippen LogP contribution in [0.15, 0.2) is 30.5 Å². The number of anilines is 1. The molecule has 3 aromatic rings. The number of pyridine rings is 2. The zero-order valence-electron chi connectivity index (χ0n) is 17.2. The van der Waals surface area contributed by atoms with Gasteiger partial charge in [0.1, 0.15) is 11.6 Å². The summed E-state index contributed by atoms with van der Waals surface area (Å²) in [4.78, 5) is 8.26. The molecule has 0 aromatic carbocycles. The van der Waals surface area contributed by atoms with Gasteiger partial charge < -0.3 is 5.32 Å². The van der Waals surface area contributed by atoms with Crippen molar-refractivity contribution in [2.45, 2.75) is 51.4 Å². The molecule has 1 fully saturated rings. The summed E-state index contributed by atoms with van der Waals surface area (Å²) in [7, 11) is 0. The summed E-state index contributed by atoms with van der Waals surface area (Å²) in [5, 5.41) is 10.9. The fourth-order valence-electron chi connectivity index (χ4n) is 4.43. The van der Waals surface area contributed by atoms with E-state index in [0.717, 1.165) is 54.7 Å². The van der Waals surface area contributed by atoms with Crippen LogP contribution < -0.4 is 5.32 Å². The van der Waals surface area contributed by atoms with E-state index in [1.54, 1.807) is 6.07 Å². The number of nitrogens with one attached hydrogen (secondary N) is 2. The van der Waals surface area contributed by atoms with E-state index in [1.807, 2.05) is 6.07 Å². The second-order valence-corrected chi connectivity index (χ2v) is 9.43. The van der Waals surface area contributed by atoms with Gasteiger partial charge in [0.15, 0.2) is 0 Å². The van der Waals surface area contributed by atoms with Gasteiger partial charge in [-0.2, -0.15) is 9.49 Å². The Morgan fingerprint density at radius 2 is 1.97 bits per heavy atom. The second kappa shape index (κ2) is 6.86. The normalized spacial score (nSPS) is 18.7. The number of halogens is 2. The number of H-pyrrole nitrogens is 1. The van der Waals surface area contributed by atoms with Crippen LogP contribution in [-0.4, -0.2) is 26.7 Å². The van der Waals surface area contributed by atoms with Crippen LogP contribution in [-0.2, 0) is 18.3 Å². The molecule has 0 radical (unpaired) electrons. The predicted molar refractivity (Wildman–Crippen MR) is 111 cm³/mol. The third kappa shape index (κ3) is 3.57. The van der Waals surface area contributed by atoms with Gasteiger partial charge in [0.2, 0.25) is 5.95 Å². The molecule has 156 valence electrons. The summed E-state index contributed by atoms with van der Waals surface area (Å²) in [6, 6.07) is 6.46. The van der Waals surface area contributed by atoms with Gasteiger partial charge in [-0.25, -0.2) is 9.37 Å². The molecular weight excluding hydrogens is 384 g/mol. The van der Waals surface area contributed by atoms with Crippen LogP contribution in [0.4, 0.5) is 14.6 Å². The maximum absolute atomic E-state index is 14.3. The number of aromatic nitrogens is 4. The Morgan fingerprint density at radius 1 is 1.13 bits per heavy atom. The minimum absolute atomic E-state index is 0.140. The molecule has 5 rings (SSSR count). The molecule has 0 unspecified atom stereocenters. The predicted octanol–water partition coefficient (Wildman–Crippen LogP) is 4.80. The molecule has 3 heterocycles. The lowest BCUT2D eigenvalue weighted by atomic mass is 9.76. The van der Waals surface area contributed by atoms with Crippen LogP contribution in [0.3, 0.4) is 0 Å². The SMILES string of the molecule is CC1(C)CCc2c(-c3cc(F)nc(NCC4(c5ccc(F)cn5)CC4)c3)n[nH]c2C1. The molecule has 0 bridgehead atoms. The minimum atomic E-state index is -0.535. The summed E-state index contributed by atoms with van der Waals surface area (Å²) < 4.78 is 27.5. The third-order valence-corrected chi connectivity index (χ3v) is 6.46. The van der Waals surface area contributed by atoms with E-state index in [2.05, 4.69) is 39.3 Å². The molecule has 0 atom stereocenters. The number of nitrogens with zero attached hydrogens (tertiary/aromatic N) is 3. The van der Waals surface area contributed by atoms with E-state index in [4.69, 9.17) is 0 Å². The molecule has 1 saturated carbocycles. The van der Waals surface area contributed by atoms with Crippen molar-refractivity contribution in [1.29, 1.82) is 0 Å². The van der Waals surface area contributed by atoms with Gasteiger partial charge in [-0.1, -0.05) is 13.8 Å². The number of hydrogen-bond donors (Lipinski definition) is 2. The van der Waals surface area contributed by atoms with Gasteiger partial charge in [-0.05, 0) is 55.7 Å². The van der Waals surface area contributed by atoms with Gasteiger partial charge >= 0.3 is 0 Å². The molecular formula is C23H25F2N5. The highest BCUT2D eigenvalue weighted by molar-refractivity contribution is 5.67.